The summed E-state index contributed by atoms with van der Waals surface area (Å²) in [6.45, 7) is 3.51. The van der Waals surface area contributed by atoms with Gasteiger partial charge < -0.3 is 5.32 Å². The van der Waals surface area contributed by atoms with Crippen LogP contribution in [0.1, 0.15) is 13.3 Å². The molecule has 2 aliphatic heterocycles. The molecule has 2 heterocycles. The lowest BCUT2D eigenvalue weighted by atomic mass is 10.0. The zero-order chi connectivity index (χ0) is 14.5. The highest BCUT2D eigenvalue weighted by Crippen LogP contribution is 2.40. The summed E-state index contributed by atoms with van der Waals surface area (Å²) in [4.78, 5) is 0.0303. The Morgan fingerprint density at radius 2 is 1.90 bits per heavy atom. The molecule has 0 aromatic heterocycles. The molecule has 0 bridgehead atoms. The molecule has 4 nitrogen and oxygen atoms in total. The maximum Gasteiger partial charge on any atom is 0.246 e. The van der Waals surface area contributed by atoms with Gasteiger partial charge in [0.1, 0.15) is 4.90 Å². The second kappa shape index (κ2) is 5.14. The monoisotopic (exact) mass is 334 g/mol. The molecule has 20 heavy (non-hydrogen) atoms. The van der Waals surface area contributed by atoms with Gasteiger partial charge in [-0.15, -0.1) is 0 Å². The third-order valence-electron chi connectivity index (χ3n) is 4.16. The molecular formula is C13H16Cl2N2O2S. The van der Waals surface area contributed by atoms with E-state index in [4.69, 9.17) is 23.2 Å². The maximum atomic E-state index is 13.0. The van der Waals surface area contributed by atoms with Crippen molar-refractivity contribution in [2.75, 3.05) is 13.1 Å². The predicted octanol–water partition coefficient (Wildman–Crippen LogP) is 2.36. The van der Waals surface area contributed by atoms with Crippen molar-refractivity contribution in [3.05, 3.63) is 28.2 Å². The van der Waals surface area contributed by atoms with Crippen LogP contribution in [0.5, 0.6) is 0 Å². The van der Waals surface area contributed by atoms with Crippen molar-refractivity contribution < 1.29 is 8.42 Å². The van der Waals surface area contributed by atoms with E-state index in [-0.39, 0.29) is 27.0 Å². The molecule has 2 aliphatic rings. The van der Waals surface area contributed by atoms with E-state index in [9.17, 15) is 8.42 Å². The van der Waals surface area contributed by atoms with E-state index in [1.807, 2.05) is 6.92 Å². The van der Waals surface area contributed by atoms with Gasteiger partial charge in [0.2, 0.25) is 10.0 Å². The third-order valence-corrected chi connectivity index (χ3v) is 7.16. The molecule has 0 spiro atoms. The Morgan fingerprint density at radius 1 is 1.25 bits per heavy atom. The molecule has 0 radical (unpaired) electrons. The zero-order valence-corrected chi connectivity index (χ0v) is 13.3. The Hall–Kier alpha value is -0.330. The van der Waals surface area contributed by atoms with Crippen molar-refractivity contribution >= 4 is 33.2 Å². The standard InChI is InChI=1S/C13H16Cl2N2O2S/c1-8-5-9-6-16-7-12(9)17(8)20(18,19)13-10(14)3-2-4-11(13)15/h2-4,8-9,12,16H,5-7H2,1H3. The molecule has 110 valence electrons. The molecule has 3 unspecified atom stereocenters. The average Bonchev–Trinajstić information content (AvgIpc) is 2.87. The van der Waals surface area contributed by atoms with Crippen LogP contribution in [0.15, 0.2) is 23.1 Å². The van der Waals surface area contributed by atoms with Crippen LogP contribution in [-0.2, 0) is 10.0 Å². The predicted molar refractivity (Wildman–Crippen MR) is 79.7 cm³/mol. The van der Waals surface area contributed by atoms with Gasteiger partial charge >= 0.3 is 0 Å². The maximum absolute atomic E-state index is 13.0. The molecule has 0 aliphatic carbocycles. The van der Waals surface area contributed by atoms with Crippen LogP contribution in [0.2, 0.25) is 10.0 Å². The molecule has 1 N–H and O–H groups in total. The van der Waals surface area contributed by atoms with Crippen LogP contribution < -0.4 is 5.32 Å². The van der Waals surface area contributed by atoms with Crippen molar-refractivity contribution in [3.8, 4) is 0 Å². The van der Waals surface area contributed by atoms with E-state index in [2.05, 4.69) is 5.32 Å². The van der Waals surface area contributed by atoms with Gasteiger partial charge in [0.25, 0.3) is 0 Å². The fourth-order valence-electron chi connectivity index (χ4n) is 3.38. The van der Waals surface area contributed by atoms with Crippen molar-refractivity contribution in [2.45, 2.75) is 30.3 Å². The molecule has 3 atom stereocenters. The fraction of sp³-hybridized carbons (Fsp3) is 0.538. The number of nitrogens with zero attached hydrogens (tertiary/aromatic N) is 1. The summed E-state index contributed by atoms with van der Waals surface area (Å²) in [5, 5.41) is 3.61. The first kappa shape index (κ1) is 14.6. The Balaban J connectivity index is 2.08. The summed E-state index contributed by atoms with van der Waals surface area (Å²) in [5.41, 5.74) is 0. The molecule has 0 saturated carbocycles. The fourth-order valence-corrected chi connectivity index (χ4v) is 6.36. The van der Waals surface area contributed by atoms with E-state index in [1.54, 1.807) is 22.5 Å². The van der Waals surface area contributed by atoms with Gasteiger partial charge in [-0.25, -0.2) is 8.42 Å². The Morgan fingerprint density at radius 3 is 2.55 bits per heavy atom. The van der Waals surface area contributed by atoms with Gasteiger partial charge in [0.15, 0.2) is 0 Å². The number of rotatable bonds is 2. The van der Waals surface area contributed by atoms with Gasteiger partial charge in [0.05, 0.1) is 10.0 Å². The molecule has 3 rings (SSSR count). The van der Waals surface area contributed by atoms with Crippen molar-refractivity contribution in [1.82, 2.24) is 9.62 Å². The largest absolute Gasteiger partial charge is 0.315 e. The smallest absolute Gasteiger partial charge is 0.246 e. The first-order valence-corrected chi connectivity index (χ1v) is 8.81. The SMILES string of the molecule is CC1CC2CNCC2N1S(=O)(=O)c1c(Cl)cccc1Cl. The minimum Gasteiger partial charge on any atom is -0.315 e. The number of halogens is 2. The number of nitrogens with one attached hydrogen (secondary N) is 1. The van der Waals surface area contributed by atoms with Gasteiger partial charge in [-0.05, 0) is 37.9 Å². The van der Waals surface area contributed by atoms with Crippen LogP contribution >= 0.6 is 23.2 Å². The highest BCUT2D eigenvalue weighted by Gasteiger charge is 2.48. The quantitative estimate of drug-likeness (QED) is 0.903. The second-order valence-corrected chi connectivity index (χ2v) is 8.05. The molecule has 1 aromatic carbocycles. The number of benzene rings is 1. The van der Waals surface area contributed by atoms with E-state index < -0.39 is 10.0 Å². The molecule has 7 heteroatoms. The summed E-state index contributed by atoms with van der Waals surface area (Å²) in [7, 11) is -3.67. The average molecular weight is 335 g/mol. The van der Waals surface area contributed by atoms with Gasteiger partial charge in [-0.3, -0.25) is 0 Å². The van der Waals surface area contributed by atoms with E-state index in [1.165, 1.54) is 0 Å². The second-order valence-electron chi connectivity index (χ2n) is 5.46. The lowest BCUT2D eigenvalue weighted by Gasteiger charge is -2.27. The summed E-state index contributed by atoms with van der Waals surface area (Å²) in [6.07, 6.45) is 0.874. The van der Waals surface area contributed by atoms with Crippen molar-refractivity contribution in [1.29, 1.82) is 0 Å². The van der Waals surface area contributed by atoms with E-state index in [0.29, 0.717) is 12.5 Å². The number of sulfonamides is 1. The Kier molecular flexibility index (Phi) is 3.75. The van der Waals surface area contributed by atoms with E-state index in [0.717, 1.165) is 13.0 Å². The summed E-state index contributed by atoms with van der Waals surface area (Å²) in [5.74, 6) is 0.376. The number of hydrogen-bond acceptors (Lipinski definition) is 3. The normalized spacial score (nSPS) is 30.6. The van der Waals surface area contributed by atoms with Gasteiger partial charge in [-0.2, -0.15) is 4.31 Å². The summed E-state index contributed by atoms with van der Waals surface area (Å²) >= 11 is 12.2. The third kappa shape index (κ3) is 2.16. The van der Waals surface area contributed by atoms with Crippen molar-refractivity contribution in [2.24, 2.45) is 5.92 Å². The summed E-state index contributed by atoms with van der Waals surface area (Å²) < 4.78 is 27.5. The van der Waals surface area contributed by atoms with Crippen LogP contribution in [0.25, 0.3) is 0 Å². The molecule has 2 fully saturated rings. The Bertz CT molecular complexity index is 615. The number of hydrogen-bond donors (Lipinski definition) is 1. The highest BCUT2D eigenvalue weighted by atomic mass is 35.5. The van der Waals surface area contributed by atoms with Crippen molar-refractivity contribution in [3.63, 3.8) is 0 Å². The number of fused-ring (bicyclic) bond motifs is 1. The summed E-state index contributed by atoms with van der Waals surface area (Å²) in [6, 6.07) is 4.75. The van der Waals surface area contributed by atoms with Crippen LogP contribution in [0.4, 0.5) is 0 Å². The molecule has 1 aromatic rings. The minimum absolute atomic E-state index is 0.00217. The van der Waals surface area contributed by atoms with Crippen LogP contribution in [0, 0.1) is 5.92 Å². The first-order valence-electron chi connectivity index (χ1n) is 6.61. The Labute approximate surface area is 129 Å². The van der Waals surface area contributed by atoms with Gasteiger partial charge in [-0.1, -0.05) is 29.3 Å². The highest BCUT2D eigenvalue weighted by molar-refractivity contribution is 7.89. The first-order chi connectivity index (χ1) is 9.43. The van der Waals surface area contributed by atoms with Gasteiger partial charge in [0, 0.05) is 18.6 Å². The topological polar surface area (TPSA) is 49.4 Å². The van der Waals surface area contributed by atoms with E-state index >= 15 is 0 Å². The molecule has 2 saturated heterocycles. The minimum atomic E-state index is -3.67. The molecule has 0 amide bonds. The zero-order valence-electron chi connectivity index (χ0n) is 11.0. The molecular weight excluding hydrogens is 319 g/mol. The lowest BCUT2D eigenvalue weighted by Crippen LogP contribution is -2.42. The van der Waals surface area contributed by atoms with Crippen LogP contribution in [0.3, 0.4) is 0 Å². The van der Waals surface area contributed by atoms with Crippen LogP contribution in [-0.4, -0.2) is 37.9 Å². The lowest BCUT2D eigenvalue weighted by molar-refractivity contribution is 0.336.